The number of ether oxygens (including phenoxy) is 2. The number of hydrogen-bond acceptors (Lipinski definition) is 2. The molecule has 0 aliphatic carbocycles. The summed E-state index contributed by atoms with van der Waals surface area (Å²) in [5.41, 5.74) is -1.21. The van der Waals surface area contributed by atoms with Crippen molar-refractivity contribution in [3.8, 4) is 5.75 Å². The average Bonchev–Trinajstić information content (AvgIpc) is 2.21. The van der Waals surface area contributed by atoms with Crippen LogP contribution in [0.5, 0.6) is 5.75 Å². The SMILES string of the molecule is Fc1ccc([B-](F)(F)F)c(OCCOC(F)(F)F)c1.[K+]. The fraction of sp³-hybridized carbons (Fsp3) is 0.333. The van der Waals surface area contributed by atoms with Crippen molar-refractivity contribution in [1.82, 2.24) is 0 Å². The topological polar surface area (TPSA) is 18.5 Å². The van der Waals surface area contributed by atoms with Crippen molar-refractivity contribution in [2.75, 3.05) is 13.2 Å². The summed E-state index contributed by atoms with van der Waals surface area (Å²) in [5, 5.41) is 0. The molecule has 0 aliphatic rings. The van der Waals surface area contributed by atoms with Crippen molar-refractivity contribution in [2.45, 2.75) is 6.36 Å². The first-order valence-electron chi connectivity index (χ1n) is 4.92. The molecule has 0 saturated heterocycles. The molecule has 11 heteroatoms. The summed E-state index contributed by atoms with van der Waals surface area (Å²) >= 11 is 0. The summed E-state index contributed by atoms with van der Waals surface area (Å²) in [6, 6.07) is 1.51. The van der Waals surface area contributed by atoms with Crippen molar-refractivity contribution in [1.29, 1.82) is 0 Å². The predicted octanol–water partition coefficient (Wildman–Crippen LogP) is -0.201. The molecule has 0 bridgehead atoms. The first-order valence-corrected chi connectivity index (χ1v) is 4.92. The zero-order valence-corrected chi connectivity index (χ0v) is 13.3. The quantitative estimate of drug-likeness (QED) is 0.423. The van der Waals surface area contributed by atoms with E-state index in [-0.39, 0.29) is 51.4 Å². The van der Waals surface area contributed by atoms with Gasteiger partial charge in [0, 0.05) is 6.07 Å². The maximum atomic E-state index is 12.8. The van der Waals surface area contributed by atoms with Crippen LogP contribution in [-0.2, 0) is 4.74 Å². The van der Waals surface area contributed by atoms with Gasteiger partial charge in [0.1, 0.15) is 12.4 Å². The molecule has 0 aliphatic heterocycles. The Hall–Kier alpha value is 0.191. The molecule has 1 aromatic carbocycles. The molecular weight excluding hydrogens is 323 g/mol. The van der Waals surface area contributed by atoms with Crippen LogP contribution >= 0.6 is 0 Å². The van der Waals surface area contributed by atoms with Crippen LogP contribution < -0.4 is 61.6 Å². The van der Waals surface area contributed by atoms with Crippen molar-refractivity contribution < 1.29 is 91.4 Å². The Balaban J connectivity index is 0.00000361. The third-order valence-corrected chi connectivity index (χ3v) is 1.93. The minimum Gasteiger partial charge on any atom is -0.494 e. The van der Waals surface area contributed by atoms with Crippen LogP contribution in [0.25, 0.3) is 0 Å². The fourth-order valence-electron chi connectivity index (χ4n) is 1.21. The van der Waals surface area contributed by atoms with Crippen molar-refractivity contribution in [2.24, 2.45) is 0 Å². The van der Waals surface area contributed by atoms with E-state index in [4.69, 9.17) is 0 Å². The molecular formula is C9H7BF7KO2. The van der Waals surface area contributed by atoms with Gasteiger partial charge in [-0.3, -0.25) is 4.74 Å². The molecule has 1 aromatic rings. The van der Waals surface area contributed by atoms with Gasteiger partial charge in [-0.25, -0.2) is 4.39 Å². The number of rotatable bonds is 5. The molecule has 0 N–H and O–H groups in total. The van der Waals surface area contributed by atoms with Crippen LogP contribution in [0.15, 0.2) is 18.2 Å². The van der Waals surface area contributed by atoms with Gasteiger partial charge >= 0.3 is 64.7 Å². The summed E-state index contributed by atoms with van der Waals surface area (Å²) in [4.78, 5) is 0. The van der Waals surface area contributed by atoms with Gasteiger partial charge in [-0.2, -0.15) is 0 Å². The summed E-state index contributed by atoms with van der Waals surface area (Å²) in [6.07, 6.45) is -4.90. The van der Waals surface area contributed by atoms with Gasteiger partial charge in [0.05, 0.1) is 12.4 Å². The molecule has 0 heterocycles. The second kappa shape index (κ2) is 7.99. The maximum absolute atomic E-state index is 12.8. The van der Waals surface area contributed by atoms with E-state index in [1.165, 1.54) is 0 Å². The molecule has 0 saturated carbocycles. The summed E-state index contributed by atoms with van der Waals surface area (Å²) in [6.45, 7) is -7.24. The zero-order valence-electron chi connectivity index (χ0n) is 10.2. The second-order valence-electron chi connectivity index (χ2n) is 3.40. The van der Waals surface area contributed by atoms with E-state index in [1.54, 1.807) is 0 Å². The molecule has 0 fully saturated rings. The number of alkyl halides is 3. The van der Waals surface area contributed by atoms with Crippen LogP contribution in [0.4, 0.5) is 30.5 Å². The van der Waals surface area contributed by atoms with E-state index < -0.39 is 43.6 Å². The smallest absolute Gasteiger partial charge is 0.494 e. The van der Waals surface area contributed by atoms with Crippen LogP contribution in [0.1, 0.15) is 0 Å². The summed E-state index contributed by atoms with van der Waals surface area (Å²) in [5.74, 6) is -1.85. The van der Waals surface area contributed by atoms with E-state index in [0.29, 0.717) is 18.2 Å². The van der Waals surface area contributed by atoms with E-state index in [9.17, 15) is 30.5 Å². The molecule has 0 radical (unpaired) electrons. The Morgan fingerprint density at radius 2 is 1.65 bits per heavy atom. The van der Waals surface area contributed by atoms with Gasteiger partial charge in [0.15, 0.2) is 0 Å². The van der Waals surface area contributed by atoms with Gasteiger partial charge in [-0.1, -0.05) is 11.5 Å². The molecule has 2 nitrogen and oxygen atoms in total. The van der Waals surface area contributed by atoms with Gasteiger partial charge in [-0.05, 0) is 6.07 Å². The van der Waals surface area contributed by atoms with Crippen molar-refractivity contribution in [3.63, 3.8) is 0 Å². The number of hydrogen-bond donors (Lipinski definition) is 0. The Morgan fingerprint density at radius 1 is 1.05 bits per heavy atom. The fourth-order valence-corrected chi connectivity index (χ4v) is 1.21. The predicted molar refractivity (Wildman–Crippen MR) is 52.6 cm³/mol. The Morgan fingerprint density at radius 3 is 2.15 bits per heavy atom. The average molecular weight is 330 g/mol. The molecule has 0 spiro atoms. The number of benzene rings is 1. The maximum Gasteiger partial charge on any atom is 1.00 e. The van der Waals surface area contributed by atoms with E-state index in [2.05, 4.69) is 9.47 Å². The normalized spacial score (nSPS) is 11.9. The number of halogens is 7. The van der Waals surface area contributed by atoms with Crippen LogP contribution in [0.3, 0.4) is 0 Å². The standard InChI is InChI=1S/C9H7BF7O2.K/c11-6-1-2-7(10(15,16)17)8(5-6)18-3-4-19-9(12,13)14;/h1-2,5H,3-4H2;/q-1;+1. The molecule has 20 heavy (non-hydrogen) atoms. The van der Waals surface area contributed by atoms with Crippen LogP contribution in [0.2, 0.25) is 0 Å². The summed E-state index contributed by atoms with van der Waals surface area (Å²) in [7, 11) is 0. The molecule has 0 unspecified atom stereocenters. The zero-order chi connectivity index (χ0) is 14.7. The molecule has 108 valence electrons. The largest absolute Gasteiger partial charge is 1.00 e. The molecule has 0 atom stereocenters. The van der Waals surface area contributed by atoms with Crippen molar-refractivity contribution in [3.05, 3.63) is 24.0 Å². The second-order valence-corrected chi connectivity index (χ2v) is 3.40. The minimum absolute atomic E-state index is 0. The molecule has 1 rings (SSSR count). The third kappa shape index (κ3) is 7.27. The van der Waals surface area contributed by atoms with E-state index >= 15 is 0 Å². The summed E-state index contributed by atoms with van der Waals surface area (Å²) < 4.78 is 92.9. The van der Waals surface area contributed by atoms with Crippen LogP contribution in [0, 0.1) is 5.82 Å². The van der Waals surface area contributed by atoms with Gasteiger partial charge in [0.2, 0.25) is 0 Å². The Labute approximate surface area is 152 Å². The van der Waals surface area contributed by atoms with E-state index in [0.717, 1.165) is 0 Å². The van der Waals surface area contributed by atoms with Gasteiger partial charge < -0.3 is 17.7 Å². The third-order valence-electron chi connectivity index (χ3n) is 1.93. The monoisotopic (exact) mass is 330 g/mol. The first-order chi connectivity index (χ1) is 8.59. The minimum atomic E-state index is -5.45. The van der Waals surface area contributed by atoms with Crippen molar-refractivity contribution >= 4 is 12.4 Å². The Bertz CT molecular complexity index is 435. The molecule has 0 aromatic heterocycles. The van der Waals surface area contributed by atoms with Gasteiger partial charge in [-0.15, -0.1) is 13.2 Å². The molecule has 0 amide bonds. The van der Waals surface area contributed by atoms with Crippen LogP contribution in [-0.4, -0.2) is 26.6 Å². The van der Waals surface area contributed by atoms with E-state index in [1.807, 2.05) is 0 Å². The van der Waals surface area contributed by atoms with Gasteiger partial charge in [0.25, 0.3) is 0 Å². The first kappa shape index (κ1) is 20.2. The Kier molecular flexibility index (Phi) is 8.07.